The second kappa shape index (κ2) is 6.81. The van der Waals surface area contributed by atoms with Crippen LogP contribution in [0.25, 0.3) is 11.0 Å². The molecule has 0 unspecified atom stereocenters. The second-order valence-electron chi connectivity index (χ2n) is 6.56. The standard InChI is InChI=1S/C19H16ClF2N3O2/c20-16-13(21)6-5-12(17(16)22)18(26)24-9-7-11(8-10-24)25-15-4-2-1-3-14(15)23-19(25)27/h1-6,11H,7-10H2,(H,23,27). The number of imidazole rings is 1. The van der Waals surface area contributed by atoms with Gasteiger partial charge >= 0.3 is 5.69 Å². The first-order valence-corrected chi connectivity index (χ1v) is 8.97. The van der Waals surface area contributed by atoms with E-state index in [0.717, 1.165) is 23.2 Å². The molecule has 0 radical (unpaired) electrons. The van der Waals surface area contributed by atoms with Gasteiger partial charge in [0.05, 0.1) is 16.6 Å². The molecule has 2 heterocycles. The third-order valence-corrected chi connectivity index (χ3v) is 5.35. The quantitative estimate of drug-likeness (QED) is 0.676. The largest absolute Gasteiger partial charge is 0.338 e. The van der Waals surface area contributed by atoms with Crippen molar-refractivity contribution in [2.24, 2.45) is 0 Å². The summed E-state index contributed by atoms with van der Waals surface area (Å²) < 4.78 is 29.1. The molecular formula is C19H16ClF2N3O2. The van der Waals surface area contributed by atoms with E-state index in [9.17, 15) is 18.4 Å². The number of benzene rings is 2. The molecule has 1 aliphatic heterocycles. The molecule has 1 N–H and O–H groups in total. The Morgan fingerprint density at radius 2 is 1.81 bits per heavy atom. The van der Waals surface area contributed by atoms with Crippen molar-refractivity contribution in [3.05, 3.63) is 69.1 Å². The molecule has 4 rings (SSSR count). The maximum absolute atomic E-state index is 14.1. The molecule has 0 aliphatic carbocycles. The first-order chi connectivity index (χ1) is 13.0. The Balaban J connectivity index is 1.54. The number of nitrogens with zero attached hydrogens (tertiary/aromatic N) is 2. The van der Waals surface area contributed by atoms with Crippen LogP contribution in [0.4, 0.5) is 8.78 Å². The maximum Gasteiger partial charge on any atom is 0.326 e. The minimum absolute atomic E-state index is 0.0562. The Hall–Kier alpha value is -2.67. The molecule has 1 aliphatic rings. The van der Waals surface area contributed by atoms with Gasteiger partial charge < -0.3 is 9.88 Å². The summed E-state index contributed by atoms with van der Waals surface area (Å²) in [4.78, 5) is 29.2. The van der Waals surface area contributed by atoms with Crippen LogP contribution >= 0.6 is 11.6 Å². The number of carbonyl (C=O) groups is 1. The van der Waals surface area contributed by atoms with Gasteiger partial charge in [-0.2, -0.15) is 0 Å². The molecule has 27 heavy (non-hydrogen) atoms. The highest BCUT2D eigenvalue weighted by molar-refractivity contribution is 6.31. The van der Waals surface area contributed by atoms with E-state index < -0.39 is 22.6 Å². The zero-order chi connectivity index (χ0) is 19.1. The van der Waals surface area contributed by atoms with E-state index >= 15 is 0 Å². The first kappa shape index (κ1) is 17.7. The Morgan fingerprint density at radius 1 is 1.11 bits per heavy atom. The fourth-order valence-electron chi connectivity index (χ4n) is 3.63. The van der Waals surface area contributed by atoms with Crippen LogP contribution < -0.4 is 5.69 Å². The van der Waals surface area contributed by atoms with Crippen LogP contribution in [0.15, 0.2) is 41.2 Å². The molecule has 8 heteroatoms. The number of likely N-dealkylation sites (tertiary alicyclic amines) is 1. The minimum Gasteiger partial charge on any atom is -0.338 e. The second-order valence-corrected chi connectivity index (χ2v) is 6.94. The van der Waals surface area contributed by atoms with Gasteiger partial charge in [-0.15, -0.1) is 0 Å². The van der Waals surface area contributed by atoms with E-state index in [0.29, 0.717) is 25.9 Å². The van der Waals surface area contributed by atoms with E-state index in [2.05, 4.69) is 4.98 Å². The van der Waals surface area contributed by atoms with Gasteiger partial charge in [-0.05, 0) is 37.1 Å². The van der Waals surface area contributed by atoms with Crippen molar-refractivity contribution < 1.29 is 13.6 Å². The fourth-order valence-corrected chi connectivity index (χ4v) is 3.79. The lowest BCUT2D eigenvalue weighted by Gasteiger charge is -2.32. The number of nitrogens with one attached hydrogen (secondary N) is 1. The van der Waals surface area contributed by atoms with Gasteiger partial charge in [0.25, 0.3) is 5.91 Å². The Bertz CT molecular complexity index is 1080. The number of rotatable bonds is 2. The number of hydrogen-bond acceptors (Lipinski definition) is 2. The van der Waals surface area contributed by atoms with Crippen molar-refractivity contribution in [1.29, 1.82) is 0 Å². The third-order valence-electron chi connectivity index (χ3n) is 5.01. The van der Waals surface area contributed by atoms with Crippen molar-refractivity contribution in [1.82, 2.24) is 14.5 Å². The molecule has 2 aromatic carbocycles. The number of amides is 1. The van der Waals surface area contributed by atoms with Crippen molar-refractivity contribution in [3.8, 4) is 0 Å². The summed E-state index contributed by atoms with van der Waals surface area (Å²) in [5.41, 5.74) is 1.16. The molecule has 0 spiro atoms. The van der Waals surface area contributed by atoms with Gasteiger partial charge in [0.15, 0.2) is 5.82 Å². The lowest BCUT2D eigenvalue weighted by Crippen LogP contribution is -2.40. The predicted molar refractivity (Wildman–Crippen MR) is 98.1 cm³/mol. The molecule has 3 aromatic rings. The summed E-state index contributed by atoms with van der Waals surface area (Å²) in [6, 6.07) is 9.47. The molecule has 1 fully saturated rings. The first-order valence-electron chi connectivity index (χ1n) is 8.59. The van der Waals surface area contributed by atoms with Gasteiger partial charge in [-0.1, -0.05) is 23.7 Å². The van der Waals surface area contributed by atoms with Crippen molar-refractivity contribution in [3.63, 3.8) is 0 Å². The van der Waals surface area contributed by atoms with E-state index in [1.807, 2.05) is 24.3 Å². The number of aromatic nitrogens is 2. The summed E-state index contributed by atoms with van der Waals surface area (Å²) in [5.74, 6) is -2.47. The lowest BCUT2D eigenvalue weighted by molar-refractivity contribution is 0.0690. The van der Waals surface area contributed by atoms with Gasteiger partial charge in [-0.25, -0.2) is 13.6 Å². The average Bonchev–Trinajstić information content (AvgIpc) is 3.01. The molecule has 1 amide bonds. The number of piperidine rings is 1. The molecule has 1 saturated heterocycles. The number of halogens is 3. The normalized spacial score (nSPS) is 15.4. The number of H-pyrrole nitrogens is 1. The summed E-state index contributed by atoms with van der Waals surface area (Å²) in [6.07, 6.45) is 1.12. The molecule has 1 aromatic heterocycles. The van der Waals surface area contributed by atoms with Crippen LogP contribution in [0.1, 0.15) is 29.2 Å². The number of fused-ring (bicyclic) bond motifs is 1. The Morgan fingerprint density at radius 3 is 2.56 bits per heavy atom. The van der Waals surface area contributed by atoms with Crippen LogP contribution in [0.5, 0.6) is 0 Å². The Kier molecular flexibility index (Phi) is 4.47. The predicted octanol–water partition coefficient (Wildman–Crippen LogP) is 3.74. The molecule has 140 valence electrons. The van der Waals surface area contributed by atoms with Gasteiger partial charge in [-0.3, -0.25) is 9.36 Å². The minimum atomic E-state index is -1.04. The molecule has 0 atom stereocenters. The average molecular weight is 392 g/mol. The smallest absolute Gasteiger partial charge is 0.326 e. The van der Waals surface area contributed by atoms with Crippen molar-refractivity contribution >= 4 is 28.5 Å². The summed E-state index contributed by atoms with van der Waals surface area (Å²) >= 11 is 5.57. The zero-order valence-corrected chi connectivity index (χ0v) is 15.0. The molecule has 0 bridgehead atoms. The molecule has 5 nitrogen and oxygen atoms in total. The van der Waals surface area contributed by atoms with E-state index in [4.69, 9.17) is 11.6 Å². The fraction of sp³-hybridized carbons (Fsp3) is 0.263. The maximum atomic E-state index is 14.1. The van der Waals surface area contributed by atoms with Crippen molar-refractivity contribution in [2.75, 3.05) is 13.1 Å². The highest BCUT2D eigenvalue weighted by Crippen LogP contribution is 2.27. The number of carbonyl (C=O) groups excluding carboxylic acids is 1. The van der Waals surface area contributed by atoms with Crippen LogP contribution in [0.2, 0.25) is 5.02 Å². The van der Waals surface area contributed by atoms with E-state index in [-0.39, 0.29) is 17.3 Å². The summed E-state index contributed by atoms with van der Waals surface area (Å²) in [5, 5.41) is -0.680. The number of hydrogen-bond donors (Lipinski definition) is 1. The SMILES string of the molecule is O=C(c1ccc(F)c(Cl)c1F)N1CCC(n2c(=O)[nH]c3ccccc32)CC1. The highest BCUT2D eigenvalue weighted by Gasteiger charge is 2.28. The number of para-hydroxylation sites is 2. The summed E-state index contributed by atoms with van der Waals surface area (Å²) in [7, 11) is 0. The zero-order valence-electron chi connectivity index (χ0n) is 14.2. The van der Waals surface area contributed by atoms with Crippen molar-refractivity contribution in [2.45, 2.75) is 18.9 Å². The van der Waals surface area contributed by atoms with Crippen LogP contribution in [0.3, 0.4) is 0 Å². The van der Waals surface area contributed by atoms with E-state index in [1.54, 1.807) is 4.57 Å². The Labute approximate surface area is 158 Å². The topological polar surface area (TPSA) is 58.1 Å². The number of aromatic amines is 1. The van der Waals surface area contributed by atoms with Crippen LogP contribution in [0, 0.1) is 11.6 Å². The van der Waals surface area contributed by atoms with Gasteiger partial charge in [0.2, 0.25) is 0 Å². The van der Waals surface area contributed by atoms with Crippen LogP contribution in [-0.4, -0.2) is 33.4 Å². The summed E-state index contributed by atoms with van der Waals surface area (Å²) in [6.45, 7) is 0.730. The van der Waals surface area contributed by atoms with Crippen LogP contribution in [-0.2, 0) is 0 Å². The lowest BCUT2D eigenvalue weighted by atomic mass is 10.0. The molecule has 0 saturated carbocycles. The van der Waals surface area contributed by atoms with Gasteiger partial charge in [0.1, 0.15) is 10.8 Å². The molecular weight excluding hydrogens is 376 g/mol. The highest BCUT2D eigenvalue weighted by atomic mass is 35.5. The third kappa shape index (κ3) is 3.02. The monoisotopic (exact) mass is 391 g/mol. The van der Waals surface area contributed by atoms with Gasteiger partial charge in [0, 0.05) is 19.1 Å². The van der Waals surface area contributed by atoms with E-state index in [1.165, 1.54) is 4.90 Å².